The van der Waals surface area contributed by atoms with Gasteiger partial charge in [-0.2, -0.15) is 0 Å². The van der Waals surface area contributed by atoms with E-state index in [-0.39, 0.29) is 37.5 Å². The molecular weight excluding hydrogens is 390 g/mol. The maximum absolute atomic E-state index is 12.6. The first-order chi connectivity index (χ1) is 14.2. The number of nitrogens with zero attached hydrogens (tertiary/aromatic N) is 2. The molecule has 1 aromatic heterocycles. The van der Waals surface area contributed by atoms with Crippen LogP contribution in [0.4, 0.5) is 0 Å². The lowest BCUT2D eigenvalue weighted by Gasteiger charge is -2.24. The van der Waals surface area contributed by atoms with Crippen LogP contribution in [-0.4, -0.2) is 73.3 Å². The topological polar surface area (TPSA) is 107 Å². The van der Waals surface area contributed by atoms with E-state index in [0.29, 0.717) is 19.8 Å². The number of esters is 1. The first-order valence-electron chi connectivity index (χ1n) is 9.99. The maximum atomic E-state index is 12.6. The van der Waals surface area contributed by atoms with Crippen molar-refractivity contribution in [1.82, 2.24) is 15.2 Å². The van der Waals surface area contributed by atoms with Gasteiger partial charge in [-0.15, -0.1) is 0 Å². The molecule has 2 atom stereocenters. The van der Waals surface area contributed by atoms with Gasteiger partial charge in [-0.05, 0) is 32.4 Å². The predicted molar refractivity (Wildman–Crippen MR) is 108 cm³/mol. The van der Waals surface area contributed by atoms with Crippen LogP contribution in [0.2, 0.25) is 0 Å². The highest BCUT2D eigenvalue weighted by Gasteiger charge is 2.42. The molecule has 2 rings (SSSR count). The summed E-state index contributed by atoms with van der Waals surface area (Å²) in [6.07, 6.45) is 3.51. The summed E-state index contributed by atoms with van der Waals surface area (Å²) in [6.45, 7) is 6.41. The minimum Gasteiger partial charge on any atom is -0.458 e. The van der Waals surface area contributed by atoms with E-state index >= 15 is 0 Å². The fraction of sp³-hybridized carbons (Fsp3) is 0.619. The van der Waals surface area contributed by atoms with Crippen LogP contribution in [0, 0.1) is 5.92 Å². The molecule has 9 nitrogen and oxygen atoms in total. The number of hydrogen-bond acceptors (Lipinski definition) is 7. The van der Waals surface area contributed by atoms with Gasteiger partial charge in [0, 0.05) is 32.4 Å². The molecule has 1 aliphatic heterocycles. The Labute approximate surface area is 177 Å². The van der Waals surface area contributed by atoms with Crippen LogP contribution in [0.3, 0.4) is 0 Å². The molecule has 0 aromatic carbocycles. The molecule has 30 heavy (non-hydrogen) atoms. The summed E-state index contributed by atoms with van der Waals surface area (Å²) in [5.74, 6) is -1.15. The minimum absolute atomic E-state index is 0.0672. The average molecular weight is 421 g/mol. The van der Waals surface area contributed by atoms with Gasteiger partial charge in [0.25, 0.3) is 0 Å². The summed E-state index contributed by atoms with van der Waals surface area (Å²) in [4.78, 5) is 41.9. The Balaban J connectivity index is 1.65. The van der Waals surface area contributed by atoms with E-state index in [0.717, 1.165) is 5.56 Å². The molecule has 0 radical (unpaired) electrons. The number of carbonyl (C=O) groups is 3. The lowest BCUT2D eigenvalue weighted by molar-refractivity contribution is -0.160. The van der Waals surface area contributed by atoms with Crippen LogP contribution in [0.1, 0.15) is 38.8 Å². The third kappa shape index (κ3) is 7.38. The fourth-order valence-corrected chi connectivity index (χ4v) is 3.24. The van der Waals surface area contributed by atoms with Crippen molar-refractivity contribution in [2.24, 2.45) is 5.92 Å². The summed E-state index contributed by atoms with van der Waals surface area (Å²) in [7, 11) is 1.70. The van der Waals surface area contributed by atoms with Gasteiger partial charge in [-0.1, -0.05) is 6.07 Å². The highest BCUT2D eigenvalue weighted by atomic mass is 16.6. The Kier molecular flexibility index (Phi) is 8.73. The van der Waals surface area contributed by atoms with Crippen LogP contribution in [-0.2, 0) is 28.6 Å². The highest BCUT2D eigenvalue weighted by molar-refractivity contribution is 5.90. The van der Waals surface area contributed by atoms with E-state index in [1.54, 1.807) is 51.2 Å². The Morgan fingerprint density at radius 3 is 2.63 bits per heavy atom. The van der Waals surface area contributed by atoms with Crippen molar-refractivity contribution >= 4 is 17.8 Å². The number of nitrogens with one attached hydrogen (secondary N) is 1. The highest BCUT2D eigenvalue weighted by Crippen LogP contribution is 2.36. The van der Waals surface area contributed by atoms with Gasteiger partial charge in [0.2, 0.25) is 11.8 Å². The summed E-state index contributed by atoms with van der Waals surface area (Å²) in [5, 5.41) is 2.82. The summed E-state index contributed by atoms with van der Waals surface area (Å²) in [5.41, 5.74) is 0.300. The van der Waals surface area contributed by atoms with Crippen LogP contribution >= 0.6 is 0 Å². The van der Waals surface area contributed by atoms with Crippen LogP contribution < -0.4 is 5.32 Å². The van der Waals surface area contributed by atoms with E-state index < -0.39 is 17.5 Å². The van der Waals surface area contributed by atoms with Crippen molar-refractivity contribution < 1.29 is 28.6 Å². The average Bonchev–Trinajstić information content (AvgIpc) is 2.98. The summed E-state index contributed by atoms with van der Waals surface area (Å²) in [6, 6.07) is 3.33. The third-order valence-electron chi connectivity index (χ3n) is 4.51. The Morgan fingerprint density at radius 2 is 1.97 bits per heavy atom. The number of ether oxygens (including phenoxy) is 3. The van der Waals surface area contributed by atoms with Crippen molar-refractivity contribution in [1.29, 1.82) is 0 Å². The standard InChI is InChI=1S/C21H31N3O6/c1-21(2,3)30-18(26)14-29-11-10-28-9-8-23-20(27)16-12-17(25)24(4)19(16)15-6-5-7-22-13-15/h5-7,13,16,19H,8-12,14H2,1-4H3,(H,23,27)/t16-,19+/m0/s1. The van der Waals surface area contributed by atoms with Gasteiger partial charge in [-0.25, -0.2) is 4.79 Å². The van der Waals surface area contributed by atoms with E-state index in [9.17, 15) is 14.4 Å². The molecule has 2 amide bonds. The smallest absolute Gasteiger partial charge is 0.332 e. The minimum atomic E-state index is -0.538. The first kappa shape index (κ1) is 23.8. The number of likely N-dealkylation sites (tertiary alicyclic amines) is 1. The molecule has 1 aliphatic rings. The van der Waals surface area contributed by atoms with Gasteiger partial charge < -0.3 is 24.4 Å². The van der Waals surface area contributed by atoms with Gasteiger partial charge in [0.15, 0.2) is 0 Å². The number of carbonyl (C=O) groups excluding carboxylic acids is 3. The Bertz CT molecular complexity index is 719. The summed E-state index contributed by atoms with van der Waals surface area (Å²) >= 11 is 0. The van der Waals surface area contributed by atoms with E-state index in [1.165, 1.54) is 0 Å². The number of amides is 2. The van der Waals surface area contributed by atoms with Crippen LogP contribution in [0.15, 0.2) is 24.5 Å². The van der Waals surface area contributed by atoms with Crippen molar-refractivity contribution in [3.8, 4) is 0 Å². The number of hydrogen-bond donors (Lipinski definition) is 1. The molecule has 166 valence electrons. The second kappa shape index (κ2) is 11.0. The SMILES string of the molecule is CN1C(=O)C[C@H](C(=O)NCCOCCOCC(=O)OC(C)(C)C)[C@H]1c1cccnc1. The Morgan fingerprint density at radius 1 is 1.23 bits per heavy atom. The van der Waals surface area contributed by atoms with Gasteiger partial charge in [0.1, 0.15) is 12.2 Å². The monoisotopic (exact) mass is 421 g/mol. The van der Waals surface area contributed by atoms with E-state index in [2.05, 4.69) is 10.3 Å². The van der Waals surface area contributed by atoms with Gasteiger partial charge in [0.05, 0.1) is 31.8 Å². The van der Waals surface area contributed by atoms with Crippen molar-refractivity contribution in [3.63, 3.8) is 0 Å². The molecule has 1 saturated heterocycles. The van der Waals surface area contributed by atoms with Crippen molar-refractivity contribution in [3.05, 3.63) is 30.1 Å². The van der Waals surface area contributed by atoms with Gasteiger partial charge in [-0.3, -0.25) is 14.6 Å². The molecule has 0 spiro atoms. The maximum Gasteiger partial charge on any atom is 0.332 e. The second-order valence-electron chi connectivity index (χ2n) is 8.09. The quantitative estimate of drug-likeness (QED) is 0.445. The zero-order valence-electron chi connectivity index (χ0n) is 18.1. The number of pyridine rings is 1. The largest absolute Gasteiger partial charge is 0.458 e. The lowest BCUT2D eigenvalue weighted by atomic mass is 9.94. The molecule has 2 heterocycles. The van der Waals surface area contributed by atoms with E-state index in [4.69, 9.17) is 14.2 Å². The normalized spacial score (nSPS) is 19.1. The number of aromatic nitrogens is 1. The van der Waals surface area contributed by atoms with Crippen LogP contribution in [0.5, 0.6) is 0 Å². The zero-order chi connectivity index (χ0) is 22.1. The van der Waals surface area contributed by atoms with Crippen molar-refractivity contribution in [2.45, 2.75) is 38.8 Å². The molecule has 1 aromatic rings. The molecule has 0 bridgehead atoms. The Hall–Kier alpha value is -2.52. The molecule has 0 unspecified atom stereocenters. The molecule has 0 saturated carbocycles. The first-order valence-corrected chi connectivity index (χ1v) is 9.99. The summed E-state index contributed by atoms with van der Waals surface area (Å²) < 4.78 is 15.7. The lowest BCUT2D eigenvalue weighted by Crippen LogP contribution is -2.36. The fourth-order valence-electron chi connectivity index (χ4n) is 3.24. The van der Waals surface area contributed by atoms with E-state index in [1.807, 2.05) is 6.07 Å². The molecular formula is C21H31N3O6. The third-order valence-corrected chi connectivity index (χ3v) is 4.51. The van der Waals surface area contributed by atoms with Crippen molar-refractivity contribution in [2.75, 3.05) is 40.0 Å². The molecule has 1 fully saturated rings. The zero-order valence-corrected chi connectivity index (χ0v) is 18.1. The predicted octanol–water partition coefficient (Wildman–Crippen LogP) is 1.09. The number of rotatable bonds is 10. The molecule has 0 aliphatic carbocycles. The molecule has 9 heteroatoms. The van der Waals surface area contributed by atoms with Crippen LogP contribution in [0.25, 0.3) is 0 Å². The molecule has 1 N–H and O–H groups in total. The van der Waals surface area contributed by atoms with Gasteiger partial charge >= 0.3 is 5.97 Å². The second-order valence-corrected chi connectivity index (χ2v) is 8.09.